The van der Waals surface area contributed by atoms with Gasteiger partial charge in [-0.1, -0.05) is 6.58 Å². The van der Waals surface area contributed by atoms with Crippen molar-refractivity contribution in [1.29, 1.82) is 10.5 Å². The first-order chi connectivity index (χ1) is 10.3. The van der Waals surface area contributed by atoms with Crippen LogP contribution in [0.2, 0.25) is 0 Å². The zero-order chi connectivity index (χ0) is 17.1. The molecule has 0 atom stereocenters. The quantitative estimate of drug-likeness (QED) is 0.439. The molecule has 0 N–H and O–H groups in total. The summed E-state index contributed by atoms with van der Waals surface area (Å²) in [5.41, 5.74) is 0.336. The molecule has 0 saturated heterocycles. The van der Waals surface area contributed by atoms with Gasteiger partial charge in [0.05, 0.1) is 25.3 Å². The van der Waals surface area contributed by atoms with Crippen LogP contribution >= 0.6 is 0 Å². The molecule has 0 aliphatic carbocycles. The van der Waals surface area contributed by atoms with Gasteiger partial charge in [-0.25, -0.2) is 5.06 Å². The average molecular weight is 306 g/mol. The molecule has 0 rings (SSSR count). The molecule has 0 heterocycles. The van der Waals surface area contributed by atoms with Crippen LogP contribution in [0.1, 0.15) is 19.8 Å². The highest BCUT2D eigenvalue weighted by atomic mass is 16.7. The topological polar surface area (TPSA) is 97.4 Å². The maximum absolute atomic E-state index is 11.9. The van der Waals surface area contributed by atoms with E-state index in [2.05, 4.69) is 6.58 Å². The van der Waals surface area contributed by atoms with Crippen LogP contribution in [0.15, 0.2) is 12.2 Å². The van der Waals surface area contributed by atoms with E-state index in [4.69, 9.17) is 15.4 Å². The van der Waals surface area contributed by atoms with Crippen molar-refractivity contribution in [3.63, 3.8) is 0 Å². The van der Waals surface area contributed by atoms with Crippen LogP contribution in [0.5, 0.6) is 0 Å². The maximum atomic E-state index is 11.9. The van der Waals surface area contributed by atoms with Gasteiger partial charge in [-0.2, -0.15) is 10.5 Å². The molecule has 0 fully saturated rings. The Morgan fingerprint density at radius 1 is 1.23 bits per heavy atom. The molecule has 1 amide bonds. The molecule has 0 aromatic carbocycles. The number of hydrogen-bond acceptors (Lipinski definition) is 6. The maximum Gasteiger partial charge on any atom is 0.272 e. The van der Waals surface area contributed by atoms with Crippen molar-refractivity contribution < 1.29 is 14.4 Å². The van der Waals surface area contributed by atoms with E-state index < -0.39 is 11.7 Å². The van der Waals surface area contributed by atoms with E-state index in [1.165, 1.54) is 5.06 Å². The second-order valence-corrected chi connectivity index (χ2v) is 5.09. The Labute approximate surface area is 131 Å². The number of carbonyl (C=O) groups is 2. The van der Waals surface area contributed by atoms with Crippen molar-refractivity contribution in [1.82, 2.24) is 9.96 Å². The van der Waals surface area contributed by atoms with Gasteiger partial charge in [0.2, 0.25) is 0 Å². The summed E-state index contributed by atoms with van der Waals surface area (Å²) in [6, 6.07) is 3.22. The van der Waals surface area contributed by atoms with Gasteiger partial charge in [0, 0.05) is 12.0 Å². The second kappa shape index (κ2) is 10.5. The molecule has 120 valence electrons. The van der Waals surface area contributed by atoms with Crippen molar-refractivity contribution in [2.45, 2.75) is 19.8 Å². The standard InChI is InChI=1S/C15H22N4O3/c1-12(2)15(21)19(8-5-7-18(3)4)22-9-6-14(20)13(10-16)11-17/h13H,1,5-9H2,2-4H3. The Hall–Kier alpha value is -2.22. The normalized spacial score (nSPS) is 10.1. The molecule has 0 aromatic heterocycles. The van der Waals surface area contributed by atoms with Crippen LogP contribution < -0.4 is 0 Å². The van der Waals surface area contributed by atoms with Crippen molar-refractivity contribution in [3.8, 4) is 12.1 Å². The van der Waals surface area contributed by atoms with Crippen molar-refractivity contribution >= 4 is 11.7 Å². The summed E-state index contributed by atoms with van der Waals surface area (Å²) in [6.45, 7) is 6.27. The fourth-order valence-corrected chi connectivity index (χ4v) is 1.54. The lowest BCUT2D eigenvalue weighted by atomic mass is 10.1. The summed E-state index contributed by atoms with van der Waals surface area (Å²) < 4.78 is 0. The Kier molecular flexibility index (Phi) is 9.44. The van der Waals surface area contributed by atoms with Crippen LogP contribution in [0, 0.1) is 28.6 Å². The predicted octanol–water partition coefficient (Wildman–Crippen LogP) is 0.897. The van der Waals surface area contributed by atoms with E-state index in [-0.39, 0.29) is 18.9 Å². The highest BCUT2D eigenvalue weighted by Gasteiger charge is 2.19. The highest BCUT2D eigenvalue weighted by molar-refractivity contribution is 5.91. The third kappa shape index (κ3) is 7.53. The van der Waals surface area contributed by atoms with Gasteiger partial charge in [0.1, 0.15) is 0 Å². The molecular weight excluding hydrogens is 284 g/mol. The Balaban J connectivity index is 4.44. The first-order valence-electron chi connectivity index (χ1n) is 6.90. The number of rotatable bonds is 10. The first-order valence-corrected chi connectivity index (χ1v) is 6.90. The van der Waals surface area contributed by atoms with Crippen LogP contribution in [0.3, 0.4) is 0 Å². The highest BCUT2D eigenvalue weighted by Crippen LogP contribution is 2.05. The predicted molar refractivity (Wildman–Crippen MR) is 80.0 cm³/mol. The number of amides is 1. The first kappa shape index (κ1) is 19.8. The zero-order valence-electron chi connectivity index (χ0n) is 13.3. The number of nitrogens with zero attached hydrogens (tertiary/aromatic N) is 4. The van der Waals surface area contributed by atoms with Crippen LogP contribution in [0.4, 0.5) is 0 Å². The largest absolute Gasteiger partial charge is 0.309 e. The van der Waals surface area contributed by atoms with E-state index in [9.17, 15) is 9.59 Å². The lowest BCUT2D eigenvalue weighted by Gasteiger charge is -2.22. The third-order valence-corrected chi connectivity index (χ3v) is 2.73. The van der Waals surface area contributed by atoms with Crippen molar-refractivity contribution in [3.05, 3.63) is 12.2 Å². The Bertz CT molecular complexity index is 474. The lowest BCUT2D eigenvalue weighted by Crippen LogP contribution is -2.34. The zero-order valence-corrected chi connectivity index (χ0v) is 13.3. The molecule has 0 aliphatic heterocycles. The third-order valence-electron chi connectivity index (χ3n) is 2.73. The molecule has 0 spiro atoms. The van der Waals surface area contributed by atoms with Crippen molar-refractivity contribution in [2.75, 3.05) is 33.8 Å². The smallest absolute Gasteiger partial charge is 0.272 e. The van der Waals surface area contributed by atoms with E-state index in [1.807, 2.05) is 19.0 Å². The number of hydroxylamine groups is 2. The lowest BCUT2D eigenvalue weighted by molar-refractivity contribution is -0.183. The van der Waals surface area contributed by atoms with Gasteiger partial charge in [0.25, 0.3) is 5.91 Å². The number of nitriles is 2. The molecule has 0 aromatic rings. The summed E-state index contributed by atoms with van der Waals surface area (Å²) in [4.78, 5) is 30.8. The fraction of sp³-hybridized carbons (Fsp3) is 0.600. The molecule has 7 nitrogen and oxygen atoms in total. The van der Waals surface area contributed by atoms with Crippen molar-refractivity contribution in [2.24, 2.45) is 5.92 Å². The summed E-state index contributed by atoms with van der Waals surface area (Å²) in [5, 5.41) is 18.4. The molecule has 0 saturated carbocycles. The molecule has 22 heavy (non-hydrogen) atoms. The number of ketones is 1. The molecule has 7 heteroatoms. The minimum Gasteiger partial charge on any atom is -0.309 e. The van der Waals surface area contributed by atoms with Crippen LogP contribution in [-0.4, -0.2) is 55.4 Å². The van der Waals surface area contributed by atoms with E-state index in [1.54, 1.807) is 19.1 Å². The van der Waals surface area contributed by atoms with Gasteiger partial charge in [0.15, 0.2) is 11.7 Å². The van der Waals surface area contributed by atoms with E-state index >= 15 is 0 Å². The molecule has 0 bridgehead atoms. The second-order valence-electron chi connectivity index (χ2n) is 5.09. The summed E-state index contributed by atoms with van der Waals surface area (Å²) in [7, 11) is 3.85. The fourth-order valence-electron chi connectivity index (χ4n) is 1.54. The number of carbonyl (C=O) groups excluding carboxylic acids is 2. The Morgan fingerprint density at radius 3 is 2.27 bits per heavy atom. The van der Waals surface area contributed by atoms with Gasteiger partial charge >= 0.3 is 0 Å². The summed E-state index contributed by atoms with van der Waals surface area (Å²) >= 11 is 0. The monoisotopic (exact) mass is 306 g/mol. The van der Waals surface area contributed by atoms with E-state index in [0.29, 0.717) is 18.5 Å². The summed E-state index contributed by atoms with van der Waals surface area (Å²) in [5.74, 6) is -2.15. The molecule has 0 unspecified atom stereocenters. The van der Waals surface area contributed by atoms with Gasteiger partial charge < -0.3 is 4.90 Å². The Morgan fingerprint density at radius 2 is 1.82 bits per heavy atom. The van der Waals surface area contributed by atoms with E-state index in [0.717, 1.165) is 6.54 Å². The minimum atomic E-state index is -1.29. The van der Waals surface area contributed by atoms with Gasteiger partial charge in [-0.05, 0) is 34.0 Å². The number of Topliss-reactive ketones (excluding diaryl/α,β-unsaturated/α-hetero) is 1. The van der Waals surface area contributed by atoms with Gasteiger partial charge in [-0.3, -0.25) is 14.4 Å². The molecular formula is C15H22N4O3. The van der Waals surface area contributed by atoms with Crippen LogP contribution in [0.25, 0.3) is 0 Å². The minimum absolute atomic E-state index is 0.0559. The SMILES string of the molecule is C=C(C)C(=O)N(CCCN(C)C)OCCC(=O)C(C#N)C#N. The van der Waals surface area contributed by atoms with Crippen LogP contribution in [-0.2, 0) is 14.4 Å². The summed E-state index contributed by atoms with van der Waals surface area (Å²) in [6.07, 6.45) is 0.610. The molecule has 0 radical (unpaired) electrons. The average Bonchev–Trinajstić information content (AvgIpc) is 2.45. The number of hydrogen-bond donors (Lipinski definition) is 0. The van der Waals surface area contributed by atoms with Gasteiger partial charge in [-0.15, -0.1) is 0 Å². The molecule has 0 aliphatic rings.